The first-order valence-electron chi connectivity index (χ1n) is 7.80. The van der Waals surface area contributed by atoms with Gasteiger partial charge in [-0.15, -0.1) is 0 Å². The van der Waals surface area contributed by atoms with Gasteiger partial charge in [0.15, 0.2) is 23.3 Å². The highest BCUT2D eigenvalue weighted by atomic mass is 19.2. The highest BCUT2D eigenvalue weighted by molar-refractivity contribution is 5.67. The van der Waals surface area contributed by atoms with Crippen LogP contribution < -0.4 is 10.6 Å². The molecule has 0 aliphatic heterocycles. The minimum atomic E-state index is -2.19. The molecule has 5 nitrogen and oxygen atoms in total. The van der Waals surface area contributed by atoms with Crippen LogP contribution in [0.3, 0.4) is 0 Å². The lowest BCUT2D eigenvalue weighted by molar-refractivity contribution is 0.0500. The smallest absolute Gasteiger partial charge is 0.407 e. The molecular formula is C16H21F5N2O3. The fourth-order valence-corrected chi connectivity index (χ4v) is 1.80. The van der Waals surface area contributed by atoms with Gasteiger partial charge in [0, 0.05) is 25.2 Å². The number of alkyl carbamates (subject to hydrolysis) is 1. The Kier molecular flexibility index (Phi) is 8.22. The molecule has 148 valence electrons. The summed E-state index contributed by atoms with van der Waals surface area (Å²) in [5, 5.41) is 4.98. The Morgan fingerprint density at radius 1 is 0.885 bits per heavy atom. The molecule has 1 amide bonds. The minimum absolute atomic E-state index is 0.103. The summed E-state index contributed by atoms with van der Waals surface area (Å²) in [6, 6.07) is 0. The second-order valence-corrected chi connectivity index (χ2v) is 6.27. The molecule has 0 heterocycles. The van der Waals surface area contributed by atoms with Gasteiger partial charge in [0.05, 0.1) is 13.2 Å². The van der Waals surface area contributed by atoms with E-state index in [9.17, 15) is 26.7 Å². The summed E-state index contributed by atoms with van der Waals surface area (Å²) >= 11 is 0. The maximum Gasteiger partial charge on any atom is 0.407 e. The third-order valence-electron chi connectivity index (χ3n) is 2.94. The normalized spacial score (nSPS) is 11.5. The number of rotatable bonds is 8. The summed E-state index contributed by atoms with van der Waals surface area (Å²) in [5.41, 5.74) is -1.55. The molecule has 0 aliphatic rings. The van der Waals surface area contributed by atoms with Crippen LogP contribution in [0.4, 0.5) is 26.7 Å². The van der Waals surface area contributed by atoms with Crippen molar-refractivity contribution in [2.75, 3.05) is 26.3 Å². The average Bonchev–Trinajstić information content (AvgIpc) is 2.54. The highest BCUT2D eigenvalue weighted by Gasteiger charge is 2.25. The van der Waals surface area contributed by atoms with Gasteiger partial charge in [0.1, 0.15) is 5.60 Å². The van der Waals surface area contributed by atoms with Crippen LogP contribution in [-0.2, 0) is 16.0 Å². The molecule has 2 N–H and O–H groups in total. The minimum Gasteiger partial charge on any atom is -0.444 e. The molecule has 0 fully saturated rings. The molecule has 0 bridgehead atoms. The van der Waals surface area contributed by atoms with Crippen molar-refractivity contribution in [3.05, 3.63) is 34.6 Å². The number of benzene rings is 1. The molecular weight excluding hydrogens is 363 g/mol. The summed E-state index contributed by atoms with van der Waals surface area (Å²) in [4.78, 5) is 11.3. The first-order chi connectivity index (χ1) is 12.0. The van der Waals surface area contributed by atoms with E-state index < -0.39 is 52.9 Å². The first kappa shape index (κ1) is 22.1. The van der Waals surface area contributed by atoms with Crippen LogP contribution in [0.5, 0.6) is 0 Å². The molecule has 0 aliphatic carbocycles. The number of ether oxygens (including phenoxy) is 2. The largest absolute Gasteiger partial charge is 0.444 e. The van der Waals surface area contributed by atoms with E-state index in [1.807, 2.05) is 0 Å². The Bertz CT molecular complexity index is 606. The van der Waals surface area contributed by atoms with Crippen molar-refractivity contribution < 1.29 is 36.2 Å². The average molecular weight is 384 g/mol. The van der Waals surface area contributed by atoms with Crippen LogP contribution in [0, 0.1) is 29.1 Å². The summed E-state index contributed by atoms with van der Waals surface area (Å²) in [7, 11) is 0. The van der Waals surface area contributed by atoms with Crippen molar-refractivity contribution in [2.45, 2.75) is 32.9 Å². The van der Waals surface area contributed by atoms with Gasteiger partial charge in [-0.2, -0.15) is 0 Å². The van der Waals surface area contributed by atoms with Gasteiger partial charge in [-0.3, -0.25) is 0 Å². The quantitative estimate of drug-likeness (QED) is 0.313. The molecule has 10 heteroatoms. The van der Waals surface area contributed by atoms with Gasteiger partial charge in [0.25, 0.3) is 0 Å². The molecule has 0 aromatic heterocycles. The molecule has 26 heavy (non-hydrogen) atoms. The Labute approximate surface area is 147 Å². The van der Waals surface area contributed by atoms with Gasteiger partial charge in [-0.1, -0.05) is 0 Å². The maximum atomic E-state index is 13.4. The zero-order valence-corrected chi connectivity index (χ0v) is 14.7. The molecule has 0 saturated carbocycles. The molecule has 0 saturated heterocycles. The number of amides is 1. The van der Waals surface area contributed by atoms with E-state index in [0.29, 0.717) is 0 Å². The first-order valence-corrected chi connectivity index (χ1v) is 7.80. The Hall–Kier alpha value is -1.94. The lowest BCUT2D eigenvalue weighted by Gasteiger charge is -2.19. The van der Waals surface area contributed by atoms with Crippen LogP contribution in [0.15, 0.2) is 0 Å². The van der Waals surface area contributed by atoms with Crippen molar-refractivity contribution >= 4 is 6.09 Å². The monoisotopic (exact) mass is 384 g/mol. The van der Waals surface area contributed by atoms with E-state index >= 15 is 0 Å². The van der Waals surface area contributed by atoms with E-state index in [0.717, 1.165) is 0 Å². The van der Waals surface area contributed by atoms with Crippen molar-refractivity contribution in [2.24, 2.45) is 0 Å². The van der Waals surface area contributed by atoms with Crippen molar-refractivity contribution in [1.82, 2.24) is 10.6 Å². The zero-order chi connectivity index (χ0) is 19.9. The van der Waals surface area contributed by atoms with E-state index in [-0.39, 0.29) is 26.3 Å². The van der Waals surface area contributed by atoms with E-state index in [2.05, 4.69) is 10.6 Å². The molecule has 1 aromatic rings. The number of halogens is 5. The number of nitrogens with one attached hydrogen (secondary N) is 2. The highest BCUT2D eigenvalue weighted by Crippen LogP contribution is 2.22. The Balaban J connectivity index is 2.26. The van der Waals surface area contributed by atoms with Crippen LogP contribution in [0.1, 0.15) is 26.3 Å². The van der Waals surface area contributed by atoms with Crippen LogP contribution in [0.2, 0.25) is 0 Å². The van der Waals surface area contributed by atoms with Gasteiger partial charge in [0.2, 0.25) is 5.82 Å². The summed E-state index contributed by atoms with van der Waals surface area (Å²) in [6.45, 7) is 5.16. The van der Waals surface area contributed by atoms with Crippen LogP contribution in [-0.4, -0.2) is 38.0 Å². The number of carbonyl (C=O) groups is 1. The van der Waals surface area contributed by atoms with Crippen molar-refractivity contribution in [3.63, 3.8) is 0 Å². The van der Waals surface area contributed by atoms with Gasteiger partial charge >= 0.3 is 6.09 Å². The molecule has 0 spiro atoms. The maximum absolute atomic E-state index is 13.4. The Morgan fingerprint density at radius 3 is 1.92 bits per heavy atom. The third-order valence-corrected chi connectivity index (χ3v) is 2.94. The van der Waals surface area contributed by atoms with Crippen molar-refractivity contribution in [1.29, 1.82) is 0 Å². The molecule has 1 aromatic carbocycles. The summed E-state index contributed by atoms with van der Waals surface area (Å²) < 4.78 is 76.0. The van der Waals surface area contributed by atoms with Gasteiger partial charge < -0.3 is 20.1 Å². The van der Waals surface area contributed by atoms with Gasteiger partial charge in [-0.05, 0) is 20.8 Å². The third kappa shape index (κ3) is 6.75. The van der Waals surface area contributed by atoms with Crippen molar-refractivity contribution in [3.8, 4) is 0 Å². The standard InChI is InChI=1S/C16H21F5N2O3/c1-16(2,3)26-15(24)23-5-7-25-6-4-22-8-9-10(17)12(19)14(21)13(20)11(9)18/h22H,4-8H2,1-3H3,(H,23,24). The topological polar surface area (TPSA) is 59.6 Å². The predicted molar refractivity (Wildman–Crippen MR) is 83.0 cm³/mol. The number of carbonyl (C=O) groups excluding carboxylic acids is 1. The SMILES string of the molecule is CC(C)(C)OC(=O)NCCOCCNCc1c(F)c(F)c(F)c(F)c1F. The van der Waals surface area contributed by atoms with E-state index in [1.54, 1.807) is 20.8 Å². The summed E-state index contributed by atoms with van der Waals surface area (Å²) in [6.07, 6.45) is -0.592. The second kappa shape index (κ2) is 9.67. The molecule has 0 unspecified atom stereocenters. The van der Waals surface area contributed by atoms with Gasteiger partial charge in [-0.25, -0.2) is 26.7 Å². The molecule has 0 atom stereocenters. The zero-order valence-electron chi connectivity index (χ0n) is 14.7. The molecule has 1 rings (SSSR count). The fourth-order valence-electron chi connectivity index (χ4n) is 1.80. The number of hydrogen-bond donors (Lipinski definition) is 2. The fraction of sp³-hybridized carbons (Fsp3) is 0.562. The Morgan fingerprint density at radius 2 is 1.38 bits per heavy atom. The second-order valence-electron chi connectivity index (χ2n) is 6.27. The van der Waals surface area contributed by atoms with E-state index in [1.165, 1.54) is 0 Å². The van der Waals surface area contributed by atoms with Crippen LogP contribution in [0.25, 0.3) is 0 Å². The number of hydrogen-bond acceptors (Lipinski definition) is 4. The lowest BCUT2D eigenvalue weighted by atomic mass is 10.1. The lowest BCUT2D eigenvalue weighted by Crippen LogP contribution is -2.34. The molecule has 0 radical (unpaired) electrons. The van der Waals surface area contributed by atoms with E-state index in [4.69, 9.17) is 9.47 Å². The van der Waals surface area contributed by atoms with Crippen LogP contribution >= 0.6 is 0 Å². The summed E-state index contributed by atoms with van der Waals surface area (Å²) in [5.74, 6) is -9.88. The predicted octanol–water partition coefficient (Wildman–Crippen LogP) is 3.01.